The highest BCUT2D eigenvalue weighted by atomic mass is 32.2. The molecule has 1 atom stereocenters. The molecule has 2 N–H and O–H groups in total. The number of nitrogens with one attached hydrogen (secondary N) is 1. The van der Waals surface area contributed by atoms with Gasteiger partial charge in [0.05, 0.1) is 5.51 Å². The first-order valence-corrected chi connectivity index (χ1v) is 8.47. The molecule has 1 fully saturated rings. The third-order valence-corrected chi connectivity index (χ3v) is 6.36. The number of carbonyl (C=O) groups is 1. The SMILES string of the molecule is CC(NS(=O)(=O)c1scnc1C(=O)O)C1CCCC1. The van der Waals surface area contributed by atoms with E-state index in [0.29, 0.717) is 5.92 Å². The van der Waals surface area contributed by atoms with Gasteiger partial charge in [-0.25, -0.2) is 22.9 Å². The molecule has 0 amide bonds. The molecule has 0 radical (unpaired) electrons. The zero-order chi connectivity index (χ0) is 14.0. The molecule has 1 heterocycles. The van der Waals surface area contributed by atoms with Gasteiger partial charge in [-0.15, -0.1) is 11.3 Å². The lowest BCUT2D eigenvalue weighted by Crippen LogP contribution is -2.37. The average Bonchev–Trinajstić information content (AvgIpc) is 3.00. The van der Waals surface area contributed by atoms with E-state index in [2.05, 4.69) is 9.71 Å². The third-order valence-electron chi connectivity index (χ3n) is 3.43. The third kappa shape index (κ3) is 3.13. The molecular weight excluding hydrogens is 288 g/mol. The Morgan fingerprint density at radius 3 is 2.74 bits per heavy atom. The number of carboxylic acid groups (broad SMARTS) is 1. The first-order chi connectivity index (χ1) is 8.92. The van der Waals surface area contributed by atoms with E-state index >= 15 is 0 Å². The highest BCUT2D eigenvalue weighted by Gasteiger charge is 2.30. The molecule has 8 heteroatoms. The first-order valence-electron chi connectivity index (χ1n) is 6.11. The second-order valence-corrected chi connectivity index (χ2v) is 7.51. The predicted molar refractivity (Wildman–Crippen MR) is 70.8 cm³/mol. The Hall–Kier alpha value is -0.990. The topological polar surface area (TPSA) is 96.4 Å². The van der Waals surface area contributed by atoms with Crippen LogP contribution in [0, 0.1) is 5.92 Å². The number of aromatic carboxylic acids is 1. The van der Waals surface area contributed by atoms with E-state index < -0.39 is 21.7 Å². The molecule has 1 unspecified atom stereocenters. The molecule has 0 bridgehead atoms. The average molecular weight is 304 g/mol. The van der Waals surface area contributed by atoms with Crippen LogP contribution in [0.15, 0.2) is 9.72 Å². The fraction of sp³-hybridized carbons (Fsp3) is 0.636. The zero-order valence-corrected chi connectivity index (χ0v) is 12.1. The molecule has 1 aromatic heterocycles. The maximum Gasteiger partial charge on any atom is 0.356 e. The Morgan fingerprint density at radius 1 is 1.53 bits per heavy atom. The molecule has 106 valence electrons. The van der Waals surface area contributed by atoms with Crippen molar-refractivity contribution in [2.24, 2.45) is 5.92 Å². The number of hydrogen-bond acceptors (Lipinski definition) is 5. The van der Waals surface area contributed by atoms with Crippen LogP contribution >= 0.6 is 11.3 Å². The van der Waals surface area contributed by atoms with Crippen molar-refractivity contribution in [2.75, 3.05) is 0 Å². The second-order valence-electron chi connectivity index (χ2n) is 4.75. The number of sulfonamides is 1. The van der Waals surface area contributed by atoms with Crippen molar-refractivity contribution in [3.63, 3.8) is 0 Å². The Morgan fingerprint density at radius 2 is 2.16 bits per heavy atom. The van der Waals surface area contributed by atoms with E-state index in [0.717, 1.165) is 37.0 Å². The summed E-state index contributed by atoms with van der Waals surface area (Å²) < 4.78 is 26.7. The molecule has 1 saturated carbocycles. The van der Waals surface area contributed by atoms with Gasteiger partial charge in [0.15, 0.2) is 9.90 Å². The number of hydrogen-bond donors (Lipinski definition) is 2. The second kappa shape index (κ2) is 5.56. The molecule has 1 aliphatic rings. The van der Waals surface area contributed by atoms with Crippen molar-refractivity contribution in [2.45, 2.75) is 42.9 Å². The molecule has 0 aromatic carbocycles. The minimum absolute atomic E-state index is 0.184. The molecule has 1 aliphatic carbocycles. The minimum Gasteiger partial charge on any atom is -0.476 e. The molecule has 0 saturated heterocycles. The number of thiazole rings is 1. The van der Waals surface area contributed by atoms with Crippen molar-refractivity contribution in [1.82, 2.24) is 9.71 Å². The van der Waals surface area contributed by atoms with Gasteiger partial charge in [0.1, 0.15) is 0 Å². The summed E-state index contributed by atoms with van der Waals surface area (Å²) in [6, 6.07) is -0.184. The van der Waals surface area contributed by atoms with Crippen molar-refractivity contribution in [3.8, 4) is 0 Å². The maximum absolute atomic E-state index is 12.2. The smallest absolute Gasteiger partial charge is 0.356 e. The van der Waals surface area contributed by atoms with Gasteiger partial charge < -0.3 is 5.11 Å². The molecule has 0 spiro atoms. The van der Waals surface area contributed by atoms with Crippen LogP contribution in [0.3, 0.4) is 0 Å². The number of nitrogens with zero attached hydrogens (tertiary/aromatic N) is 1. The van der Waals surface area contributed by atoms with Gasteiger partial charge in [-0.05, 0) is 25.7 Å². The Balaban J connectivity index is 2.17. The molecule has 19 heavy (non-hydrogen) atoms. The summed E-state index contributed by atoms with van der Waals surface area (Å²) in [7, 11) is -3.80. The zero-order valence-electron chi connectivity index (χ0n) is 10.5. The summed E-state index contributed by atoms with van der Waals surface area (Å²) in [5.74, 6) is -0.994. The van der Waals surface area contributed by atoms with E-state index in [1.54, 1.807) is 0 Å². The Labute approximate surface area is 115 Å². The van der Waals surface area contributed by atoms with Crippen LogP contribution < -0.4 is 4.72 Å². The first kappa shape index (κ1) is 14.4. The lowest BCUT2D eigenvalue weighted by Gasteiger charge is -2.19. The summed E-state index contributed by atoms with van der Waals surface area (Å²) in [4.78, 5) is 14.5. The Kier molecular flexibility index (Phi) is 4.22. The van der Waals surface area contributed by atoms with Gasteiger partial charge in [0.25, 0.3) is 10.0 Å². The van der Waals surface area contributed by atoms with Crippen LogP contribution in [-0.2, 0) is 10.0 Å². The van der Waals surface area contributed by atoms with Gasteiger partial charge in [-0.3, -0.25) is 0 Å². The van der Waals surface area contributed by atoms with Gasteiger partial charge in [-0.1, -0.05) is 12.8 Å². The van der Waals surface area contributed by atoms with E-state index in [9.17, 15) is 13.2 Å². The van der Waals surface area contributed by atoms with Crippen molar-refractivity contribution < 1.29 is 18.3 Å². The Bertz CT molecular complexity index is 561. The van der Waals surface area contributed by atoms with Gasteiger partial charge in [-0.2, -0.15) is 0 Å². The van der Waals surface area contributed by atoms with Crippen LogP contribution in [0.5, 0.6) is 0 Å². The molecule has 0 aliphatic heterocycles. The van der Waals surface area contributed by atoms with Crippen molar-refractivity contribution >= 4 is 27.3 Å². The molecular formula is C11H16N2O4S2. The molecule has 1 aromatic rings. The highest BCUT2D eigenvalue weighted by molar-refractivity contribution is 7.91. The number of carboxylic acids is 1. The van der Waals surface area contributed by atoms with Gasteiger partial charge in [0.2, 0.25) is 0 Å². The lowest BCUT2D eigenvalue weighted by molar-refractivity contribution is 0.0687. The van der Waals surface area contributed by atoms with Crippen molar-refractivity contribution in [1.29, 1.82) is 0 Å². The van der Waals surface area contributed by atoms with Gasteiger partial charge in [0, 0.05) is 6.04 Å². The largest absolute Gasteiger partial charge is 0.476 e. The van der Waals surface area contributed by atoms with Gasteiger partial charge >= 0.3 is 5.97 Å². The van der Waals surface area contributed by atoms with E-state index in [1.165, 1.54) is 5.51 Å². The van der Waals surface area contributed by atoms with Crippen LogP contribution in [0.4, 0.5) is 0 Å². The lowest BCUT2D eigenvalue weighted by atomic mass is 10.0. The van der Waals surface area contributed by atoms with Crippen LogP contribution in [0.2, 0.25) is 0 Å². The van der Waals surface area contributed by atoms with Crippen LogP contribution in [0.1, 0.15) is 43.1 Å². The summed E-state index contributed by atoms with van der Waals surface area (Å²) in [5.41, 5.74) is 0.828. The normalized spacial score (nSPS) is 18.6. The van der Waals surface area contributed by atoms with Crippen molar-refractivity contribution in [3.05, 3.63) is 11.2 Å². The fourth-order valence-corrected chi connectivity index (χ4v) is 4.89. The van der Waals surface area contributed by atoms with Crippen LogP contribution in [0.25, 0.3) is 0 Å². The quantitative estimate of drug-likeness (QED) is 0.863. The summed E-state index contributed by atoms with van der Waals surface area (Å²) >= 11 is 0.827. The predicted octanol–water partition coefficient (Wildman–Crippen LogP) is 1.70. The minimum atomic E-state index is -3.80. The van der Waals surface area contributed by atoms with Crippen LogP contribution in [-0.4, -0.2) is 30.5 Å². The highest BCUT2D eigenvalue weighted by Crippen LogP contribution is 2.29. The van der Waals surface area contributed by atoms with E-state index in [1.807, 2.05) is 6.92 Å². The molecule has 2 rings (SSSR count). The summed E-state index contributed by atoms with van der Waals surface area (Å²) in [6.45, 7) is 1.83. The monoisotopic (exact) mass is 304 g/mol. The molecule has 6 nitrogen and oxygen atoms in total. The maximum atomic E-state index is 12.2. The standard InChI is InChI=1S/C11H16N2O4S2/c1-7(8-4-2-3-5-8)13-19(16,17)11-9(10(14)15)12-6-18-11/h6-8,13H,2-5H2,1H3,(H,14,15). The van der Waals surface area contributed by atoms with E-state index in [4.69, 9.17) is 5.11 Å². The number of rotatable bonds is 5. The summed E-state index contributed by atoms with van der Waals surface area (Å²) in [5, 5.41) is 8.92. The van der Waals surface area contributed by atoms with E-state index in [-0.39, 0.29) is 10.3 Å². The fourth-order valence-electron chi connectivity index (χ4n) is 2.42. The summed E-state index contributed by atoms with van der Waals surface area (Å²) in [6.07, 6.45) is 4.27. The number of aromatic nitrogens is 1.